The number of rotatable bonds is 1. The van der Waals surface area contributed by atoms with Crippen LogP contribution in [0.5, 0.6) is 5.75 Å². The number of anilines is 6. The molecule has 0 amide bonds. The van der Waals surface area contributed by atoms with Crippen molar-refractivity contribution in [3.8, 4) is 5.75 Å². The molecule has 0 saturated carbocycles. The minimum Gasteiger partial charge on any atom is -0.483 e. The second-order valence-electron chi connectivity index (χ2n) is 7.18. The number of ether oxygens (including phenoxy) is 2. The van der Waals surface area contributed by atoms with Gasteiger partial charge in [0.05, 0.1) is 45.8 Å². The number of hydrogen-bond donors (Lipinski definition) is 7. The zero-order valence-electron chi connectivity index (χ0n) is 14.7. The molecular formula is C17H19N7O4. The summed E-state index contributed by atoms with van der Waals surface area (Å²) in [7, 11) is 0. The van der Waals surface area contributed by atoms with Crippen molar-refractivity contribution in [2.24, 2.45) is 5.73 Å². The SMILES string of the molecule is Nc1c(N)c(N)c2c(=O)c3c(N)c(N)c4c(c3oc2c1N)CC(C1(N)CO1)O4. The Hall–Kier alpha value is -3.57. The van der Waals surface area contributed by atoms with E-state index in [1.807, 2.05) is 0 Å². The van der Waals surface area contributed by atoms with E-state index in [4.69, 9.17) is 54.0 Å². The van der Waals surface area contributed by atoms with Gasteiger partial charge in [-0.3, -0.25) is 10.5 Å². The van der Waals surface area contributed by atoms with Crippen LogP contribution < -0.4 is 50.3 Å². The van der Waals surface area contributed by atoms with Gasteiger partial charge in [0.25, 0.3) is 0 Å². The molecule has 14 N–H and O–H groups in total. The minimum atomic E-state index is -0.911. The Morgan fingerprint density at radius 2 is 1.39 bits per heavy atom. The van der Waals surface area contributed by atoms with Gasteiger partial charge in [0.2, 0.25) is 5.43 Å². The molecule has 1 aromatic heterocycles. The first-order valence-electron chi connectivity index (χ1n) is 8.47. The van der Waals surface area contributed by atoms with Crippen molar-refractivity contribution in [1.82, 2.24) is 0 Å². The fraction of sp³-hybridized carbons (Fsp3) is 0.235. The van der Waals surface area contributed by atoms with E-state index in [0.717, 1.165) is 0 Å². The largest absolute Gasteiger partial charge is 0.483 e. The molecule has 3 heterocycles. The van der Waals surface area contributed by atoms with Gasteiger partial charge in [0.1, 0.15) is 17.4 Å². The molecule has 1 saturated heterocycles. The molecule has 146 valence electrons. The van der Waals surface area contributed by atoms with E-state index in [2.05, 4.69) is 0 Å². The lowest BCUT2D eigenvalue weighted by molar-refractivity contribution is 0.120. The average Bonchev–Trinajstić information content (AvgIpc) is 3.25. The van der Waals surface area contributed by atoms with Crippen LogP contribution in [0.4, 0.5) is 34.1 Å². The molecule has 5 rings (SSSR count). The van der Waals surface area contributed by atoms with Crippen LogP contribution in [-0.4, -0.2) is 18.4 Å². The van der Waals surface area contributed by atoms with Crippen LogP contribution in [-0.2, 0) is 11.2 Å². The Kier molecular flexibility index (Phi) is 2.86. The molecule has 3 aromatic rings. The second-order valence-corrected chi connectivity index (χ2v) is 7.18. The Labute approximate surface area is 157 Å². The lowest BCUT2D eigenvalue weighted by Crippen LogP contribution is -2.41. The summed E-state index contributed by atoms with van der Waals surface area (Å²) in [4.78, 5) is 13.3. The summed E-state index contributed by atoms with van der Waals surface area (Å²) in [5.74, 6) is 0.313. The van der Waals surface area contributed by atoms with Crippen molar-refractivity contribution >= 4 is 56.1 Å². The first-order chi connectivity index (χ1) is 13.2. The standard InChI is InChI=1S/C17H19N7O4/c18-7-6-13(25)5-8(19)11(22)15-3(1-4(27-15)17(24)2-26-17)14(5)28-16(6)12(23)10(21)9(7)20/h4H,1-2,18-24H2. The third-order valence-electron chi connectivity index (χ3n) is 5.52. The highest BCUT2D eigenvalue weighted by Crippen LogP contribution is 2.48. The molecule has 2 aromatic carbocycles. The molecule has 11 nitrogen and oxygen atoms in total. The van der Waals surface area contributed by atoms with Crippen LogP contribution in [0.1, 0.15) is 5.56 Å². The molecule has 0 spiro atoms. The van der Waals surface area contributed by atoms with Crippen molar-refractivity contribution in [3.05, 3.63) is 15.8 Å². The van der Waals surface area contributed by atoms with Gasteiger partial charge in [-0.25, -0.2) is 0 Å². The Bertz CT molecular complexity index is 1280. The second kappa shape index (κ2) is 4.82. The monoisotopic (exact) mass is 385 g/mol. The quantitative estimate of drug-likeness (QED) is 0.121. The Morgan fingerprint density at radius 3 is 2.04 bits per heavy atom. The highest BCUT2D eigenvalue weighted by molar-refractivity contribution is 6.14. The molecule has 2 unspecified atom stereocenters. The van der Waals surface area contributed by atoms with Gasteiger partial charge in [0, 0.05) is 12.0 Å². The van der Waals surface area contributed by atoms with Gasteiger partial charge in [-0.2, -0.15) is 0 Å². The van der Waals surface area contributed by atoms with Crippen molar-refractivity contribution < 1.29 is 13.9 Å². The van der Waals surface area contributed by atoms with E-state index in [9.17, 15) is 4.79 Å². The summed E-state index contributed by atoms with van der Waals surface area (Å²) in [6.45, 7) is 0.352. The Balaban J connectivity index is 1.93. The molecule has 11 heteroatoms. The molecule has 0 bridgehead atoms. The fourth-order valence-electron chi connectivity index (χ4n) is 3.73. The van der Waals surface area contributed by atoms with Crippen LogP contribution in [0.2, 0.25) is 0 Å². The zero-order chi connectivity index (χ0) is 20.1. The average molecular weight is 385 g/mol. The van der Waals surface area contributed by atoms with Crippen molar-refractivity contribution in [3.63, 3.8) is 0 Å². The van der Waals surface area contributed by atoms with Gasteiger partial charge in [-0.15, -0.1) is 0 Å². The molecule has 1 fully saturated rings. The number of nitrogens with two attached hydrogens (primary N) is 7. The van der Waals surface area contributed by atoms with Gasteiger partial charge in [-0.1, -0.05) is 0 Å². The molecule has 0 radical (unpaired) electrons. The molecule has 28 heavy (non-hydrogen) atoms. The van der Waals surface area contributed by atoms with E-state index in [1.54, 1.807) is 0 Å². The maximum atomic E-state index is 13.3. The summed E-state index contributed by atoms with van der Waals surface area (Å²) < 4.78 is 17.2. The smallest absolute Gasteiger partial charge is 0.204 e. The molecular weight excluding hydrogens is 366 g/mol. The molecule has 2 aliphatic heterocycles. The third kappa shape index (κ3) is 1.81. The van der Waals surface area contributed by atoms with Crippen molar-refractivity contribution in [2.75, 3.05) is 41.0 Å². The van der Waals surface area contributed by atoms with E-state index < -0.39 is 17.3 Å². The predicted octanol–water partition coefficient (Wildman–Crippen LogP) is -0.572. The highest BCUT2D eigenvalue weighted by Gasteiger charge is 2.53. The van der Waals surface area contributed by atoms with Crippen molar-refractivity contribution in [2.45, 2.75) is 18.2 Å². The van der Waals surface area contributed by atoms with Gasteiger partial charge in [-0.05, 0) is 0 Å². The fourth-order valence-corrected chi connectivity index (χ4v) is 3.73. The highest BCUT2D eigenvalue weighted by atomic mass is 16.6. The number of fused-ring (bicyclic) bond motifs is 4. The van der Waals surface area contributed by atoms with Gasteiger partial charge in [0.15, 0.2) is 17.1 Å². The molecule has 2 atom stereocenters. The lowest BCUT2D eigenvalue weighted by atomic mass is 9.99. The van der Waals surface area contributed by atoms with E-state index in [0.29, 0.717) is 24.3 Å². The summed E-state index contributed by atoms with van der Waals surface area (Å²) in [5.41, 5.74) is 41.8. The summed E-state index contributed by atoms with van der Waals surface area (Å²) >= 11 is 0. The van der Waals surface area contributed by atoms with E-state index >= 15 is 0 Å². The Morgan fingerprint density at radius 1 is 0.821 bits per heavy atom. The molecule has 2 aliphatic rings. The van der Waals surface area contributed by atoms with Gasteiger partial charge >= 0.3 is 0 Å². The number of nitrogen functional groups attached to an aromatic ring is 6. The van der Waals surface area contributed by atoms with Crippen LogP contribution in [0.3, 0.4) is 0 Å². The maximum absolute atomic E-state index is 13.3. The molecule has 0 aliphatic carbocycles. The summed E-state index contributed by atoms with van der Waals surface area (Å²) in [5, 5.41) is 0.0742. The zero-order valence-corrected chi connectivity index (χ0v) is 14.7. The number of benzene rings is 2. The summed E-state index contributed by atoms with van der Waals surface area (Å²) in [6, 6.07) is 0. The minimum absolute atomic E-state index is 0.000892. The first-order valence-corrected chi connectivity index (χ1v) is 8.47. The predicted molar refractivity (Wildman–Crippen MR) is 107 cm³/mol. The summed E-state index contributed by atoms with van der Waals surface area (Å²) in [6.07, 6.45) is -0.170. The topological polar surface area (TPSA) is 234 Å². The van der Waals surface area contributed by atoms with Crippen molar-refractivity contribution in [1.29, 1.82) is 0 Å². The van der Waals surface area contributed by atoms with Crippen LogP contribution in [0, 0.1) is 0 Å². The van der Waals surface area contributed by atoms with Crippen LogP contribution in [0.15, 0.2) is 9.21 Å². The number of epoxide rings is 1. The van der Waals surface area contributed by atoms with E-state index in [-0.39, 0.29) is 56.1 Å². The van der Waals surface area contributed by atoms with Gasteiger partial charge < -0.3 is 48.3 Å². The maximum Gasteiger partial charge on any atom is 0.204 e. The lowest BCUT2D eigenvalue weighted by Gasteiger charge is -2.16. The van der Waals surface area contributed by atoms with Crippen LogP contribution >= 0.6 is 0 Å². The first kappa shape index (κ1) is 16.6. The van der Waals surface area contributed by atoms with E-state index in [1.165, 1.54) is 0 Å². The normalized spacial score (nSPS) is 23.1. The third-order valence-corrected chi connectivity index (χ3v) is 5.52. The van der Waals surface area contributed by atoms with Crippen LogP contribution in [0.25, 0.3) is 21.9 Å². The number of hydrogen-bond acceptors (Lipinski definition) is 11.